The van der Waals surface area contributed by atoms with Crippen LogP contribution < -0.4 is 5.32 Å². The average Bonchev–Trinajstić information content (AvgIpc) is 2.22. The van der Waals surface area contributed by atoms with Gasteiger partial charge in [0.25, 0.3) is 5.91 Å². The molecule has 1 rings (SSSR count). The highest BCUT2D eigenvalue weighted by Crippen LogP contribution is 2.19. The van der Waals surface area contributed by atoms with E-state index in [1.165, 1.54) is 0 Å². The van der Waals surface area contributed by atoms with Crippen LogP contribution in [0.15, 0.2) is 22.7 Å². The zero-order valence-corrected chi connectivity index (χ0v) is 12.9. The Kier molecular flexibility index (Phi) is 4.93. The van der Waals surface area contributed by atoms with E-state index in [0.29, 0.717) is 10.6 Å². The lowest BCUT2D eigenvalue weighted by atomic mass is 9.91. The van der Waals surface area contributed by atoms with Gasteiger partial charge in [0.2, 0.25) is 0 Å². The summed E-state index contributed by atoms with van der Waals surface area (Å²) >= 11 is 9.11. The van der Waals surface area contributed by atoms with Gasteiger partial charge in [-0.1, -0.05) is 48.3 Å². The Hall–Kier alpha value is -0.870. The molecule has 0 fully saturated rings. The summed E-state index contributed by atoms with van der Waals surface area (Å²) in [5.41, 5.74) is -0.0292. The summed E-state index contributed by atoms with van der Waals surface area (Å²) in [6.45, 7) is 5.47. The van der Waals surface area contributed by atoms with Crippen LogP contribution in [-0.4, -0.2) is 18.2 Å². The minimum atomic E-state index is -0.456. The van der Waals surface area contributed by atoms with Gasteiger partial charge in [0.15, 0.2) is 5.78 Å². The van der Waals surface area contributed by atoms with E-state index >= 15 is 0 Å². The Morgan fingerprint density at radius 3 is 2.39 bits per heavy atom. The largest absolute Gasteiger partial charge is 0.345 e. The summed E-state index contributed by atoms with van der Waals surface area (Å²) < 4.78 is 0.724. The molecule has 1 N–H and O–H groups in total. The van der Waals surface area contributed by atoms with Crippen LogP contribution in [0.2, 0.25) is 5.02 Å². The molecule has 5 heteroatoms. The summed E-state index contributed by atoms with van der Waals surface area (Å²) in [4.78, 5) is 23.5. The van der Waals surface area contributed by atoms with Crippen molar-refractivity contribution in [2.24, 2.45) is 5.41 Å². The number of carbonyl (C=O) groups is 2. The molecule has 0 aliphatic heterocycles. The van der Waals surface area contributed by atoms with Gasteiger partial charge in [0.05, 0.1) is 6.54 Å². The summed E-state index contributed by atoms with van der Waals surface area (Å²) in [5.74, 6) is -0.326. The third-order valence-electron chi connectivity index (χ3n) is 2.37. The van der Waals surface area contributed by atoms with E-state index < -0.39 is 5.41 Å². The third kappa shape index (κ3) is 4.42. The number of nitrogens with one attached hydrogen (secondary N) is 1. The molecule has 0 radical (unpaired) electrons. The summed E-state index contributed by atoms with van der Waals surface area (Å²) in [5, 5.41) is 3.06. The van der Waals surface area contributed by atoms with E-state index in [9.17, 15) is 9.59 Å². The molecular weight excluding hydrogens is 318 g/mol. The van der Waals surface area contributed by atoms with Gasteiger partial charge in [-0.15, -0.1) is 0 Å². The minimum absolute atomic E-state index is 0.0167. The van der Waals surface area contributed by atoms with E-state index in [1.807, 2.05) is 20.8 Å². The monoisotopic (exact) mass is 331 g/mol. The fraction of sp³-hybridized carbons (Fsp3) is 0.385. The van der Waals surface area contributed by atoms with Gasteiger partial charge in [0, 0.05) is 20.5 Å². The van der Waals surface area contributed by atoms with Crippen molar-refractivity contribution >= 4 is 39.2 Å². The highest BCUT2D eigenvalue weighted by atomic mass is 79.9. The van der Waals surface area contributed by atoms with Crippen LogP contribution in [0.1, 0.15) is 31.1 Å². The number of carbonyl (C=O) groups excluding carboxylic acids is 2. The zero-order chi connectivity index (χ0) is 13.9. The maximum Gasteiger partial charge on any atom is 0.251 e. The Morgan fingerprint density at radius 1 is 1.28 bits per heavy atom. The Bertz CT molecular complexity index is 460. The molecule has 0 aliphatic rings. The summed E-state index contributed by atoms with van der Waals surface area (Å²) in [6.07, 6.45) is 0. The lowest BCUT2D eigenvalue weighted by molar-refractivity contribution is -0.125. The fourth-order valence-corrected chi connectivity index (χ4v) is 2.07. The van der Waals surface area contributed by atoms with Crippen LogP contribution in [0.4, 0.5) is 0 Å². The minimum Gasteiger partial charge on any atom is -0.345 e. The van der Waals surface area contributed by atoms with Crippen molar-refractivity contribution in [1.29, 1.82) is 0 Å². The van der Waals surface area contributed by atoms with Gasteiger partial charge in [0.1, 0.15) is 0 Å². The van der Waals surface area contributed by atoms with Crippen molar-refractivity contribution in [2.75, 3.05) is 6.54 Å². The molecular formula is C13H15BrClNO2. The second-order valence-corrected chi connectivity index (χ2v) is 6.37. The van der Waals surface area contributed by atoms with Crippen molar-refractivity contribution in [3.8, 4) is 0 Å². The number of Topliss-reactive ketones (excluding diaryl/α,β-unsaturated/α-hetero) is 1. The Balaban J connectivity index is 2.69. The first-order valence-corrected chi connectivity index (χ1v) is 6.65. The molecule has 0 saturated carbocycles. The van der Waals surface area contributed by atoms with Gasteiger partial charge in [-0.3, -0.25) is 9.59 Å². The molecule has 1 aromatic carbocycles. The molecule has 0 aliphatic carbocycles. The normalized spacial score (nSPS) is 11.2. The molecule has 0 aromatic heterocycles. The van der Waals surface area contributed by atoms with E-state index in [2.05, 4.69) is 21.2 Å². The topological polar surface area (TPSA) is 46.2 Å². The van der Waals surface area contributed by atoms with Crippen molar-refractivity contribution in [2.45, 2.75) is 20.8 Å². The van der Waals surface area contributed by atoms with Gasteiger partial charge >= 0.3 is 0 Å². The standard InChI is InChI=1S/C13H15BrClNO2/c1-13(2,3)11(17)7-16-12(18)8-4-9(14)6-10(15)5-8/h4-6H,7H2,1-3H3,(H,16,18). The van der Waals surface area contributed by atoms with Crippen LogP contribution in [0.25, 0.3) is 0 Å². The third-order valence-corrected chi connectivity index (χ3v) is 3.05. The number of amides is 1. The van der Waals surface area contributed by atoms with Gasteiger partial charge in [-0.25, -0.2) is 0 Å². The van der Waals surface area contributed by atoms with E-state index in [1.54, 1.807) is 18.2 Å². The molecule has 0 atom stereocenters. The number of halogens is 2. The number of rotatable bonds is 3. The summed E-state index contributed by atoms with van der Waals surface area (Å²) in [6, 6.07) is 4.91. The molecule has 1 aromatic rings. The molecule has 98 valence electrons. The first-order chi connectivity index (χ1) is 8.20. The molecule has 0 bridgehead atoms. The first-order valence-electron chi connectivity index (χ1n) is 5.48. The predicted octanol–water partition coefficient (Wildman–Crippen LogP) is 3.45. The molecule has 0 saturated heterocycles. The summed E-state index contributed by atoms with van der Waals surface area (Å²) in [7, 11) is 0. The van der Waals surface area contributed by atoms with Crippen molar-refractivity contribution in [3.63, 3.8) is 0 Å². The highest BCUT2D eigenvalue weighted by Gasteiger charge is 2.21. The predicted molar refractivity (Wildman–Crippen MR) is 75.9 cm³/mol. The first kappa shape index (κ1) is 15.2. The fourth-order valence-electron chi connectivity index (χ4n) is 1.21. The van der Waals surface area contributed by atoms with E-state index in [4.69, 9.17) is 11.6 Å². The van der Waals surface area contributed by atoms with Gasteiger partial charge in [-0.2, -0.15) is 0 Å². The number of ketones is 1. The van der Waals surface area contributed by atoms with Crippen molar-refractivity contribution in [3.05, 3.63) is 33.3 Å². The highest BCUT2D eigenvalue weighted by molar-refractivity contribution is 9.10. The molecule has 0 spiro atoms. The van der Waals surface area contributed by atoms with Gasteiger partial charge in [-0.05, 0) is 18.2 Å². The number of hydrogen-bond donors (Lipinski definition) is 1. The molecule has 3 nitrogen and oxygen atoms in total. The van der Waals surface area contributed by atoms with Crippen molar-refractivity contribution in [1.82, 2.24) is 5.32 Å². The van der Waals surface area contributed by atoms with Crippen molar-refractivity contribution < 1.29 is 9.59 Å². The zero-order valence-electron chi connectivity index (χ0n) is 10.5. The smallest absolute Gasteiger partial charge is 0.251 e. The molecule has 0 unspecified atom stereocenters. The maximum absolute atomic E-state index is 11.8. The Labute approximate surface area is 120 Å². The quantitative estimate of drug-likeness (QED) is 0.921. The van der Waals surface area contributed by atoms with Crippen LogP contribution in [0.5, 0.6) is 0 Å². The van der Waals surface area contributed by atoms with E-state index in [0.717, 1.165) is 4.47 Å². The molecule has 18 heavy (non-hydrogen) atoms. The second-order valence-electron chi connectivity index (χ2n) is 5.01. The number of benzene rings is 1. The van der Waals surface area contributed by atoms with Gasteiger partial charge < -0.3 is 5.32 Å². The molecule has 0 heterocycles. The number of hydrogen-bond acceptors (Lipinski definition) is 2. The van der Waals surface area contributed by atoms with E-state index in [-0.39, 0.29) is 18.2 Å². The second kappa shape index (κ2) is 5.85. The van der Waals surface area contributed by atoms with Crippen LogP contribution >= 0.6 is 27.5 Å². The molecule has 1 amide bonds. The maximum atomic E-state index is 11.8. The van der Waals surface area contributed by atoms with Crippen LogP contribution in [-0.2, 0) is 4.79 Å². The lowest BCUT2D eigenvalue weighted by Gasteiger charge is -2.16. The lowest BCUT2D eigenvalue weighted by Crippen LogP contribution is -2.35. The SMILES string of the molecule is CC(C)(C)C(=O)CNC(=O)c1cc(Cl)cc(Br)c1. The van der Waals surface area contributed by atoms with Crippen LogP contribution in [0.3, 0.4) is 0 Å². The average molecular weight is 333 g/mol. The van der Waals surface area contributed by atoms with Crippen LogP contribution in [0, 0.1) is 5.41 Å². The Morgan fingerprint density at radius 2 is 1.89 bits per heavy atom.